The molecule has 0 amide bonds. The van der Waals surface area contributed by atoms with Crippen LogP contribution in [0.1, 0.15) is 17.5 Å². The van der Waals surface area contributed by atoms with Gasteiger partial charge >= 0.3 is 0 Å². The first-order valence-electron chi connectivity index (χ1n) is 5.67. The number of hydrogen-bond donors (Lipinski definition) is 1. The van der Waals surface area contributed by atoms with Crippen LogP contribution in [0.4, 0.5) is 5.69 Å². The highest BCUT2D eigenvalue weighted by molar-refractivity contribution is 5.53. The van der Waals surface area contributed by atoms with Crippen LogP contribution in [0, 0.1) is 13.8 Å². The third kappa shape index (κ3) is 2.51. The fourth-order valence-corrected chi connectivity index (χ4v) is 2.16. The minimum Gasteiger partial charge on any atom is -0.381 e. The predicted molar refractivity (Wildman–Crippen MR) is 65.4 cm³/mol. The second-order valence-corrected chi connectivity index (χ2v) is 4.71. The smallest absolute Gasteiger partial charge is 0.0400 e. The molecular formula is C13H20N2. The van der Waals surface area contributed by atoms with Crippen LogP contribution >= 0.6 is 0 Å². The average molecular weight is 204 g/mol. The highest BCUT2D eigenvalue weighted by atomic mass is 15.2. The van der Waals surface area contributed by atoms with Gasteiger partial charge in [-0.1, -0.05) is 12.1 Å². The van der Waals surface area contributed by atoms with Crippen molar-refractivity contribution in [3.05, 3.63) is 29.3 Å². The van der Waals surface area contributed by atoms with Gasteiger partial charge in [-0.15, -0.1) is 0 Å². The van der Waals surface area contributed by atoms with Crippen molar-refractivity contribution in [2.75, 3.05) is 25.5 Å². The standard InChI is InChI=1S/C13H20N2/c1-10-4-5-11(2)13(8-10)14-12-6-7-15(3)9-12/h4-5,8,12,14H,6-7,9H2,1-3H3. The summed E-state index contributed by atoms with van der Waals surface area (Å²) in [6.07, 6.45) is 1.25. The number of hydrogen-bond acceptors (Lipinski definition) is 2. The highest BCUT2D eigenvalue weighted by Crippen LogP contribution is 2.20. The van der Waals surface area contributed by atoms with Crippen LogP contribution in [0.5, 0.6) is 0 Å². The van der Waals surface area contributed by atoms with E-state index in [1.807, 2.05) is 0 Å². The Morgan fingerprint density at radius 2 is 2.13 bits per heavy atom. The van der Waals surface area contributed by atoms with E-state index in [2.05, 4.69) is 49.3 Å². The average Bonchev–Trinajstić information content (AvgIpc) is 2.58. The summed E-state index contributed by atoms with van der Waals surface area (Å²) in [5.41, 5.74) is 3.97. The Hall–Kier alpha value is -1.02. The second kappa shape index (κ2) is 4.23. The van der Waals surface area contributed by atoms with Crippen LogP contribution in [-0.4, -0.2) is 31.1 Å². The first kappa shape index (κ1) is 10.5. The minimum absolute atomic E-state index is 0.621. The number of rotatable bonds is 2. The lowest BCUT2D eigenvalue weighted by atomic mass is 10.1. The van der Waals surface area contributed by atoms with Gasteiger partial charge in [0.05, 0.1) is 0 Å². The molecule has 1 aliphatic heterocycles. The Balaban J connectivity index is 2.07. The number of likely N-dealkylation sites (N-methyl/N-ethyl adjacent to an activating group) is 1. The van der Waals surface area contributed by atoms with Crippen molar-refractivity contribution in [1.82, 2.24) is 4.90 Å². The molecule has 15 heavy (non-hydrogen) atoms. The molecule has 1 aliphatic rings. The Kier molecular flexibility index (Phi) is 2.96. The lowest BCUT2D eigenvalue weighted by molar-refractivity contribution is 0.414. The molecule has 1 fully saturated rings. The summed E-state index contributed by atoms with van der Waals surface area (Å²) in [6.45, 7) is 6.68. The van der Waals surface area contributed by atoms with E-state index in [0.29, 0.717) is 6.04 Å². The zero-order valence-corrected chi connectivity index (χ0v) is 9.88. The first-order chi connectivity index (χ1) is 7.15. The summed E-state index contributed by atoms with van der Waals surface area (Å²) >= 11 is 0. The molecule has 2 rings (SSSR count). The van der Waals surface area contributed by atoms with E-state index in [4.69, 9.17) is 0 Å². The molecule has 2 heteroatoms. The van der Waals surface area contributed by atoms with Gasteiger partial charge in [-0.3, -0.25) is 0 Å². The van der Waals surface area contributed by atoms with Gasteiger partial charge in [0, 0.05) is 18.3 Å². The van der Waals surface area contributed by atoms with Crippen LogP contribution in [0.3, 0.4) is 0 Å². The SMILES string of the molecule is Cc1ccc(C)c(NC2CCN(C)C2)c1. The fraction of sp³-hybridized carbons (Fsp3) is 0.538. The lowest BCUT2D eigenvalue weighted by Gasteiger charge is -2.16. The van der Waals surface area contributed by atoms with E-state index in [1.165, 1.54) is 29.8 Å². The molecule has 0 bridgehead atoms. The van der Waals surface area contributed by atoms with Crippen LogP contribution in [0.25, 0.3) is 0 Å². The van der Waals surface area contributed by atoms with Crippen LogP contribution in [-0.2, 0) is 0 Å². The quantitative estimate of drug-likeness (QED) is 0.796. The van der Waals surface area contributed by atoms with Gasteiger partial charge in [0.15, 0.2) is 0 Å². The topological polar surface area (TPSA) is 15.3 Å². The van der Waals surface area contributed by atoms with E-state index in [1.54, 1.807) is 0 Å². The molecule has 1 saturated heterocycles. The minimum atomic E-state index is 0.621. The summed E-state index contributed by atoms with van der Waals surface area (Å²) < 4.78 is 0. The van der Waals surface area contributed by atoms with Crippen LogP contribution in [0.2, 0.25) is 0 Å². The van der Waals surface area contributed by atoms with Gasteiger partial charge in [0.2, 0.25) is 0 Å². The van der Waals surface area contributed by atoms with Crippen LogP contribution in [0.15, 0.2) is 18.2 Å². The van der Waals surface area contributed by atoms with Crippen molar-refractivity contribution in [2.24, 2.45) is 0 Å². The number of nitrogens with one attached hydrogen (secondary N) is 1. The maximum Gasteiger partial charge on any atom is 0.0400 e. The summed E-state index contributed by atoms with van der Waals surface area (Å²) in [5, 5.41) is 3.64. The third-order valence-corrected chi connectivity index (χ3v) is 3.14. The Morgan fingerprint density at radius 3 is 2.80 bits per heavy atom. The zero-order chi connectivity index (χ0) is 10.8. The summed E-state index contributed by atoms with van der Waals surface area (Å²) in [6, 6.07) is 7.22. The molecule has 1 aromatic rings. The van der Waals surface area contributed by atoms with E-state index in [9.17, 15) is 0 Å². The summed E-state index contributed by atoms with van der Waals surface area (Å²) in [4.78, 5) is 2.38. The number of nitrogens with zero attached hydrogens (tertiary/aromatic N) is 1. The lowest BCUT2D eigenvalue weighted by Crippen LogP contribution is -2.23. The van der Waals surface area contributed by atoms with Crippen molar-refractivity contribution in [3.8, 4) is 0 Å². The molecule has 1 atom stereocenters. The number of likely N-dealkylation sites (tertiary alicyclic amines) is 1. The number of benzene rings is 1. The number of aryl methyl sites for hydroxylation is 2. The largest absolute Gasteiger partial charge is 0.381 e. The van der Waals surface area contributed by atoms with E-state index in [0.717, 1.165) is 6.54 Å². The third-order valence-electron chi connectivity index (χ3n) is 3.14. The van der Waals surface area contributed by atoms with Gasteiger partial charge in [-0.2, -0.15) is 0 Å². The molecule has 0 aromatic heterocycles. The zero-order valence-electron chi connectivity index (χ0n) is 9.88. The van der Waals surface area contributed by atoms with Crippen molar-refractivity contribution < 1.29 is 0 Å². The van der Waals surface area contributed by atoms with Crippen LogP contribution < -0.4 is 5.32 Å². The molecule has 1 unspecified atom stereocenters. The van der Waals surface area contributed by atoms with Gasteiger partial charge < -0.3 is 10.2 Å². The van der Waals surface area contributed by atoms with E-state index in [-0.39, 0.29) is 0 Å². The molecule has 1 heterocycles. The highest BCUT2D eigenvalue weighted by Gasteiger charge is 2.19. The van der Waals surface area contributed by atoms with Crippen molar-refractivity contribution in [3.63, 3.8) is 0 Å². The van der Waals surface area contributed by atoms with E-state index >= 15 is 0 Å². The molecule has 0 aliphatic carbocycles. The summed E-state index contributed by atoms with van der Waals surface area (Å²) in [7, 11) is 2.19. The predicted octanol–water partition coefficient (Wildman–Crippen LogP) is 2.42. The van der Waals surface area contributed by atoms with Gasteiger partial charge in [-0.05, 0) is 51.1 Å². The number of anilines is 1. The fourth-order valence-electron chi connectivity index (χ4n) is 2.16. The van der Waals surface area contributed by atoms with Gasteiger partial charge in [0.1, 0.15) is 0 Å². The van der Waals surface area contributed by atoms with E-state index < -0.39 is 0 Å². The van der Waals surface area contributed by atoms with Gasteiger partial charge in [0.25, 0.3) is 0 Å². The van der Waals surface area contributed by atoms with Crippen molar-refractivity contribution >= 4 is 5.69 Å². The molecule has 1 N–H and O–H groups in total. The van der Waals surface area contributed by atoms with Crippen molar-refractivity contribution in [1.29, 1.82) is 0 Å². The Bertz CT molecular complexity index is 346. The Morgan fingerprint density at radius 1 is 1.33 bits per heavy atom. The molecule has 0 spiro atoms. The van der Waals surface area contributed by atoms with Crippen molar-refractivity contribution in [2.45, 2.75) is 26.3 Å². The monoisotopic (exact) mass is 204 g/mol. The molecule has 1 aromatic carbocycles. The first-order valence-corrected chi connectivity index (χ1v) is 5.67. The maximum atomic E-state index is 3.64. The summed E-state index contributed by atoms with van der Waals surface area (Å²) in [5.74, 6) is 0. The molecular weight excluding hydrogens is 184 g/mol. The van der Waals surface area contributed by atoms with Gasteiger partial charge in [-0.25, -0.2) is 0 Å². The second-order valence-electron chi connectivity index (χ2n) is 4.71. The molecule has 82 valence electrons. The normalized spacial score (nSPS) is 21.9. The molecule has 0 radical (unpaired) electrons. The maximum absolute atomic E-state index is 3.64. The molecule has 0 saturated carbocycles. The Labute approximate surface area is 92.3 Å². The molecule has 2 nitrogen and oxygen atoms in total.